The van der Waals surface area contributed by atoms with Crippen LogP contribution in [-0.2, 0) is 11.2 Å². The van der Waals surface area contributed by atoms with Crippen LogP contribution in [0.1, 0.15) is 35.3 Å². The molecule has 1 amide bonds. The Morgan fingerprint density at radius 3 is 2.50 bits per heavy atom. The lowest BCUT2D eigenvalue weighted by atomic mass is 9.98. The Labute approximate surface area is 171 Å². The fourth-order valence-corrected chi connectivity index (χ4v) is 3.39. The van der Waals surface area contributed by atoms with Gasteiger partial charge in [-0.25, -0.2) is 0 Å². The van der Waals surface area contributed by atoms with Crippen molar-refractivity contribution in [2.24, 2.45) is 5.73 Å². The maximum Gasteiger partial charge on any atom is 0.259 e. The molecule has 2 aromatic carbocycles. The number of aromatic nitrogens is 1. The number of primary amides is 1. The SMILES string of the molecule is C[C@H](C(N)=O)n1ccc2c(C(=O)CCc3ccc(Cl)c(Cl)c3)cccc2c1=O. The molecule has 0 saturated heterocycles. The van der Waals surface area contributed by atoms with E-state index < -0.39 is 11.9 Å². The number of hydrogen-bond acceptors (Lipinski definition) is 3. The zero-order valence-corrected chi connectivity index (χ0v) is 16.6. The molecule has 1 heterocycles. The number of rotatable bonds is 6. The average Bonchev–Trinajstić information content (AvgIpc) is 2.68. The van der Waals surface area contributed by atoms with Gasteiger partial charge >= 0.3 is 0 Å². The fraction of sp³-hybridized carbons (Fsp3) is 0.190. The van der Waals surface area contributed by atoms with Crippen LogP contribution < -0.4 is 11.3 Å². The third kappa shape index (κ3) is 3.96. The molecule has 2 N–H and O–H groups in total. The second kappa shape index (κ2) is 8.17. The molecular formula is C21H18Cl2N2O3. The Balaban J connectivity index is 1.91. The minimum absolute atomic E-state index is 0.0863. The first-order valence-electron chi connectivity index (χ1n) is 8.70. The average molecular weight is 417 g/mol. The molecule has 0 bridgehead atoms. The molecule has 1 atom stereocenters. The standard InChI is InChI=1S/C21H18Cl2N2O3/c1-12(20(24)27)25-10-9-14-15(3-2-4-16(14)21(25)28)19(26)8-6-13-5-7-17(22)18(23)11-13/h2-5,7,9-12H,6,8H2,1H3,(H2,24,27)/t12-/m1/s1. The highest BCUT2D eigenvalue weighted by Crippen LogP contribution is 2.24. The van der Waals surface area contributed by atoms with E-state index in [9.17, 15) is 14.4 Å². The van der Waals surface area contributed by atoms with E-state index in [0.717, 1.165) is 5.56 Å². The van der Waals surface area contributed by atoms with Crippen molar-refractivity contribution in [2.75, 3.05) is 0 Å². The molecular weight excluding hydrogens is 399 g/mol. The summed E-state index contributed by atoms with van der Waals surface area (Å²) in [7, 11) is 0. The Kier molecular flexibility index (Phi) is 5.87. The first-order valence-corrected chi connectivity index (χ1v) is 9.45. The highest BCUT2D eigenvalue weighted by Gasteiger charge is 2.17. The van der Waals surface area contributed by atoms with E-state index in [1.54, 1.807) is 43.3 Å². The summed E-state index contributed by atoms with van der Waals surface area (Å²) < 4.78 is 1.27. The van der Waals surface area contributed by atoms with Gasteiger partial charge in [0.1, 0.15) is 6.04 Å². The molecule has 5 nitrogen and oxygen atoms in total. The van der Waals surface area contributed by atoms with Crippen molar-refractivity contribution in [1.82, 2.24) is 4.57 Å². The molecule has 0 fully saturated rings. The first kappa shape index (κ1) is 20.1. The maximum atomic E-state index is 12.8. The minimum Gasteiger partial charge on any atom is -0.368 e. The summed E-state index contributed by atoms with van der Waals surface area (Å²) in [6.45, 7) is 1.56. The highest BCUT2D eigenvalue weighted by atomic mass is 35.5. The topological polar surface area (TPSA) is 82.2 Å². The molecule has 3 aromatic rings. The number of aryl methyl sites for hydroxylation is 1. The number of Topliss-reactive ketones (excluding diaryl/α,β-unsaturated/α-hetero) is 1. The van der Waals surface area contributed by atoms with Gasteiger partial charge in [0.2, 0.25) is 5.91 Å². The van der Waals surface area contributed by atoms with E-state index in [-0.39, 0.29) is 17.8 Å². The number of benzene rings is 2. The van der Waals surface area contributed by atoms with Crippen molar-refractivity contribution >= 4 is 45.7 Å². The molecule has 1 aromatic heterocycles. The summed E-state index contributed by atoms with van der Waals surface area (Å²) in [6.07, 6.45) is 2.26. The second-order valence-electron chi connectivity index (χ2n) is 6.54. The molecule has 144 valence electrons. The summed E-state index contributed by atoms with van der Waals surface area (Å²) in [6, 6.07) is 11.2. The van der Waals surface area contributed by atoms with Crippen LogP contribution in [0.5, 0.6) is 0 Å². The number of hydrogen-bond donors (Lipinski definition) is 1. The van der Waals surface area contributed by atoms with E-state index in [1.165, 1.54) is 10.8 Å². The molecule has 0 spiro atoms. The maximum absolute atomic E-state index is 12.8. The van der Waals surface area contributed by atoms with Crippen molar-refractivity contribution < 1.29 is 9.59 Å². The van der Waals surface area contributed by atoms with Gasteiger partial charge in [-0.05, 0) is 48.6 Å². The van der Waals surface area contributed by atoms with E-state index in [4.69, 9.17) is 28.9 Å². The minimum atomic E-state index is -0.772. The number of halogens is 2. The molecule has 0 radical (unpaired) electrons. The predicted octanol–water partition coefficient (Wildman–Crippen LogP) is 4.17. The highest BCUT2D eigenvalue weighted by molar-refractivity contribution is 6.42. The van der Waals surface area contributed by atoms with Gasteiger partial charge in [0.25, 0.3) is 5.56 Å². The van der Waals surface area contributed by atoms with Crippen LogP contribution in [0.25, 0.3) is 10.8 Å². The van der Waals surface area contributed by atoms with Crippen molar-refractivity contribution in [2.45, 2.75) is 25.8 Å². The molecule has 0 saturated carbocycles. The van der Waals surface area contributed by atoms with Crippen molar-refractivity contribution in [3.63, 3.8) is 0 Å². The normalized spacial score (nSPS) is 12.1. The number of carbonyl (C=O) groups excluding carboxylic acids is 2. The number of carbonyl (C=O) groups is 2. The molecule has 0 aliphatic heterocycles. The summed E-state index contributed by atoms with van der Waals surface area (Å²) in [4.78, 5) is 36.9. The van der Waals surface area contributed by atoms with Crippen LogP contribution in [0.3, 0.4) is 0 Å². The molecule has 0 aliphatic rings. The largest absolute Gasteiger partial charge is 0.368 e. The lowest BCUT2D eigenvalue weighted by Crippen LogP contribution is -2.31. The number of nitrogens with two attached hydrogens (primary N) is 1. The summed E-state index contributed by atoms with van der Waals surface area (Å²) >= 11 is 11.9. The van der Waals surface area contributed by atoms with Gasteiger partial charge in [-0.1, -0.05) is 41.4 Å². The van der Waals surface area contributed by atoms with Crippen LogP contribution in [0.4, 0.5) is 0 Å². The summed E-state index contributed by atoms with van der Waals surface area (Å²) in [5, 5.41) is 1.84. The van der Waals surface area contributed by atoms with E-state index >= 15 is 0 Å². The van der Waals surface area contributed by atoms with E-state index in [0.29, 0.717) is 32.8 Å². The Hall–Kier alpha value is -2.63. The molecule has 0 aliphatic carbocycles. The van der Waals surface area contributed by atoms with Crippen molar-refractivity contribution in [1.29, 1.82) is 0 Å². The van der Waals surface area contributed by atoms with Gasteiger partial charge in [0, 0.05) is 23.6 Å². The van der Waals surface area contributed by atoms with Gasteiger partial charge in [-0.3, -0.25) is 14.4 Å². The predicted molar refractivity (Wildman–Crippen MR) is 111 cm³/mol. The molecule has 28 heavy (non-hydrogen) atoms. The second-order valence-corrected chi connectivity index (χ2v) is 7.36. The van der Waals surface area contributed by atoms with Gasteiger partial charge in [0.15, 0.2) is 5.78 Å². The Morgan fingerprint density at radius 2 is 1.82 bits per heavy atom. The Bertz CT molecular complexity index is 1140. The third-order valence-corrected chi connectivity index (χ3v) is 5.47. The quantitative estimate of drug-likeness (QED) is 0.612. The van der Waals surface area contributed by atoms with Crippen LogP contribution in [0.2, 0.25) is 10.0 Å². The van der Waals surface area contributed by atoms with Crippen LogP contribution >= 0.6 is 23.2 Å². The lowest BCUT2D eigenvalue weighted by Gasteiger charge is -2.13. The fourth-order valence-electron chi connectivity index (χ4n) is 3.07. The van der Waals surface area contributed by atoms with Gasteiger partial charge < -0.3 is 10.3 Å². The number of nitrogens with zero attached hydrogens (tertiary/aromatic N) is 1. The zero-order valence-electron chi connectivity index (χ0n) is 15.1. The van der Waals surface area contributed by atoms with Crippen LogP contribution in [-0.4, -0.2) is 16.3 Å². The van der Waals surface area contributed by atoms with Crippen LogP contribution in [0, 0.1) is 0 Å². The van der Waals surface area contributed by atoms with Gasteiger partial charge in [-0.15, -0.1) is 0 Å². The van der Waals surface area contributed by atoms with Gasteiger partial charge in [-0.2, -0.15) is 0 Å². The van der Waals surface area contributed by atoms with Gasteiger partial charge in [0.05, 0.1) is 10.0 Å². The van der Waals surface area contributed by atoms with E-state index in [1.807, 2.05) is 6.07 Å². The summed E-state index contributed by atoms with van der Waals surface area (Å²) in [5.74, 6) is -0.688. The number of ketones is 1. The molecule has 7 heteroatoms. The number of fused-ring (bicyclic) bond motifs is 1. The third-order valence-electron chi connectivity index (χ3n) is 4.73. The molecule has 0 unspecified atom stereocenters. The van der Waals surface area contributed by atoms with Crippen molar-refractivity contribution in [3.05, 3.63) is 80.2 Å². The first-order chi connectivity index (χ1) is 13.3. The smallest absolute Gasteiger partial charge is 0.259 e. The number of amides is 1. The summed E-state index contributed by atoms with van der Waals surface area (Å²) in [5.41, 5.74) is 6.31. The Morgan fingerprint density at radius 1 is 1.07 bits per heavy atom. The number of pyridine rings is 1. The van der Waals surface area contributed by atoms with Crippen LogP contribution in [0.15, 0.2) is 53.5 Å². The molecule has 3 rings (SSSR count). The zero-order chi connectivity index (χ0) is 20.4. The lowest BCUT2D eigenvalue weighted by molar-refractivity contribution is -0.120. The van der Waals surface area contributed by atoms with E-state index in [2.05, 4.69) is 0 Å². The monoisotopic (exact) mass is 416 g/mol. The van der Waals surface area contributed by atoms with Crippen molar-refractivity contribution in [3.8, 4) is 0 Å².